The number of likely N-dealkylation sites (N-methyl/N-ethyl adjacent to an activating group) is 1. The Hall–Kier alpha value is -2.04. The smallest absolute Gasteiger partial charge is 0.242 e. The van der Waals surface area contributed by atoms with E-state index in [2.05, 4.69) is 5.32 Å². The lowest BCUT2D eigenvalue weighted by molar-refractivity contribution is -0.141. The van der Waals surface area contributed by atoms with Crippen molar-refractivity contribution >= 4 is 11.8 Å². The summed E-state index contributed by atoms with van der Waals surface area (Å²) in [5, 5.41) is 2.64. The second kappa shape index (κ2) is 9.07. The van der Waals surface area contributed by atoms with E-state index in [0.717, 1.165) is 17.7 Å². The standard InChI is InChI=1S/C17H26N2O3/c1-5-7-16(20)19(15(6-2)17(21)18-3)12-13-8-10-14(22-4)11-9-13/h8-11,15H,5-7,12H2,1-4H3,(H,18,21). The summed E-state index contributed by atoms with van der Waals surface area (Å²) in [6, 6.07) is 7.12. The van der Waals surface area contributed by atoms with Crippen molar-refractivity contribution in [1.82, 2.24) is 10.2 Å². The van der Waals surface area contributed by atoms with Gasteiger partial charge in [0.05, 0.1) is 7.11 Å². The number of nitrogens with zero attached hydrogens (tertiary/aromatic N) is 1. The average molecular weight is 306 g/mol. The van der Waals surface area contributed by atoms with Crippen LogP contribution in [0.25, 0.3) is 0 Å². The Labute approximate surface area is 132 Å². The van der Waals surface area contributed by atoms with Crippen LogP contribution in [-0.2, 0) is 16.1 Å². The molecule has 0 bridgehead atoms. The lowest BCUT2D eigenvalue weighted by Gasteiger charge is -2.30. The Morgan fingerprint density at radius 1 is 1.23 bits per heavy atom. The zero-order chi connectivity index (χ0) is 16.5. The van der Waals surface area contributed by atoms with Crippen LogP contribution in [0, 0.1) is 0 Å². The molecule has 0 heterocycles. The van der Waals surface area contributed by atoms with Crippen molar-refractivity contribution in [3.8, 4) is 5.75 Å². The van der Waals surface area contributed by atoms with Crippen LogP contribution in [0.1, 0.15) is 38.7 Å². The first-order chi connectivity index (χ1) is 10.6. The van der Waals surface area contributed by atoms with Crippen LogP contribution in [0.5, 0.6) is 5.75 Å². The van der Waals surface area contributed by atoms with Gasteiger partial charge in [0, 0.05) is 20.0 Å². The Balaban J connectivity index is 2.97. The van der Waals surface area contributed by atoms with Crippen molar-refractivity contribution in [1.29, 1.82) is 0 Å². The highest BCUT2D eigenvalue weighted by atomic mass is 16.5. The molecule has 1 unspecified atom stereocenters. The molecular weight excluding hydrogens is 280 g/mol. The molecule has 1 atom stereocenters. The van der Waals surface area contributed by atoms with Gasteiger partial charge < -0.3 is 15.0 Å². The van der Waals surface area contributed by atoms with E-state index in [4.69, 9.17) is 4.74 Å². The molecule has 2 amide bonds. The molecule has 1 rings (SSSR count). The molecule has 0 aliphatic heterocycles. The van der Waals surface area contributed by atoms with Crippen LogP contribution < -0.4 is 10.1 Å². The van der Waals surface area contributed by atoms with Gasteiger partial charge in [-0.05, 0) is 30.5 Å². The van der Waals surface area contributed by atoms with Crippen LogP contribution in [0.2, 0.25) is 0 Å². The predicted octanol–water partition coefficient (Wildman–Crippen LogP) is 2.35. The molecule has 1 aromatic rings. The van der Waals surface area contributed by atoms with E-state index >= 15 is 0 Å². The van der Waals surface area contributed by atoms with Crippen molar-refractivity contribution in [2.24, 2.45) is 0 Å². The highest BCUT2D eigenvalue weighted by molar-refractivity contribution is 5.87. The third-order valence-electron chi connectivity index (χ3n) is 3.61. The van der Waals surface area contributed by atoms with Crippen LogP contribution in [0.3, 0.4) is 0 Å². The first-order valence-corrected chi connectivity index (χ1v) is 7.71. The molecular formula is C17H26N2O3. The summed E-state index contributed by atoms with van der Waals surface area (Å²) in [5.41, 5.74) is 0.979. The van der Waals surface area contributed by atoms with Gasteiger partial charge in [-0.25, -0.2) is 0 Å². The van der Waals surface area contributed by atoms with Crippen molar-refractivity contribution < 1.29 is 14.3 Å². The highest BCUT2D eigenvalue weighted by Crippen LogP contribution is 2.17. The van der Waals surface area contributed by atoms with E-state index in [-0.39, 0.29) is 11.8 Å². The first-order valence-electron chi connectivity index (χ1n) is 7.71. The van der Waals surface area contributed by atoms with E-state index in [1.165, 1.54) is 0 Å². The van der Waals surface area contributed by atoms with Gasteiger partial charge in [-0.3, -0.25) is 9.59 Å². The SMILES string of the molecule is CCCC(=O)N(Cc1ccc(OC)cc1)C(CC)C(=O)NC. The Morgan fingerprint density at radius 2 is 1.86 bits per heavy atom. The number of hydrogen-bond acceptors (Lipinski definition) is 3. The van der Waals surface area contributed by atoms with Gasteiger partial charge in [-0.2, -0.15) is 0 Å². The molecule has 5 heteroatoms. The maximum atomic E-state index is 12.4. The van der Waals surface area contributed by atoms with Crippen LogP contribution in [-0.4, -0.2) is 36.9 Å². The lowest BCUT2D eigenvalue weighted by Crippen LogP contribution is -2.48. The summed E-state index contributed by atoms with van der Waals surface area (Å²) in [7, 11) is 3.21. The normalized spacial score (nSPS) is 11.6. The summed E-state index contributed by atoms with van der Waals surface area (Å²) in [6.07, 6.45) is 1.80. The van der Waals surface area contributed by atoms with E-state index in [1.54, 1.807) is 19.1 Å². The van der Waals surface area contributed by atoms with Crippen LogP contribution in [0.4, 0.5) is 0 Å². The highest BCUT2D eigenvalue weighted by Gasteiger charge is 2.27. The first kappa shape index (κ1) is 18.0. The fourth-order valence-corrected chi connectivity index (χ4v) is 2.37. The molecule has 0 radical (unpaired) electrons. The largest absolute Gasteiger partial charge is 0.497 e. The van der Waals surface area contributed by atoms with Gasteiger partial charge in [0.1, 0.15) is 11.8 Å². The van der Waals surface area contributed by atoms with E-state index in [0.29, 0.717) is 19.4 Å². The number of hydrogen-bond donors (Lipinski definition) is 1. The molecule has 0 aromatic heterocycles. The van der Waals surface area contributed by atoms with Crippen LogP contribution >= 0.6 is 0 Å². The summed E-state index contributed by atoms with van der Waals surface area (Å²) >= 11 is 0. The Morgan fingerprint density at radius 3 is 2.32 bits per heavy atom. The second-order valence-electron chi connectivity index (χ2n) is 5.16. The minimum atomic E-state index is -0.439. The van der Waals surface area contributed by atoms with E-state index < -0.39 is 6.04 Å². The summed E-state index contributed by atoms with van der Waals surface area (Å²) in [6.45, 7) is 4.30. The maximum Gasteiger partial charge on any atom is 0.242 e. The monoisotopic (exact) mass is 306 g/mol. The second-order valence-corrected chi connectivity index (χ2v) is 5.16. The number of benzene rings is 1. The summed E-state index contributed by atoms with van der Waals surface area (Å²) in [4.78, 5) is 26.1. The minimum absolute atomic E-state index is 0.00812. The molecule has 0 spiro atoms. The van der Waals surface area contributed by atoms with Gasteiger partial charge in [0.25, 0.3) is 0 Å². The lowest BCUT2D eigenvalue weighted by atomic mass is 10.1. The molecule has 0 saturated heterocycles. The molecule has 0 saturated carbocycles. The van der Waals surface area contributed by atoms with E-state index in [1.807, 2.05) is 38.1 Å². The molecule has 22 heavy (non-hydrogen) atoms. The number of ether oxygens (including phenoxy) is 1. The van der Waals surface area contributed by atoms with Crippen molar-refractivity contribution in [3.63, 3.8) is 0 Å². The van der Waals surface area contributed by atoms with Crippen molar-refractivity contribution in [2.45, 2.75) is 45.7 Å². The van der Waals surface area contributed by atoms with Gasteiger partial charge >= 0.3 is 0 Å². The zero-order valence-corrected chi connectivity index (χ0v) is 13.9. The fraction of sp³-hybridized carbons (Fsp3) is 0.529. The predicted molar refractivity (Wildman–Crippen MR) is 86.6 cm³/mol. The molecule has 0 aliphatic carbocycles. The molecule has 0 aliphatic rings. The summed E-state index contributed by atoms with van der Waals surface area (Å²) in [5.74, 6) is 0.655. The number of amides is 2. The van der Waals surface area contributed by atoms with Gasteiger partial charge in [0.15, 0.2) is 0 Å². The molecule has 0 fully saturated rings. The molecule has 1 aromatic carbocycles. The van der Waals surface area contributed by atoms with Gasteiger partial charge in [-0.1, -0.05) is 26.0 Å². The molecule has 1 N–H and O–H groups in total. The average Bonchev–Trinajstić information content (AvgIpc) is 2.55. The van der Waals surface area contributed by atoms with Gasteiger partial charge in [0.2, 0.25) is 11.8 Å². The number of carbonyl (C=O) groups is 2. The molecule has 5 nitrogen and oxygen atoms in total. The van der Waals surface area contributed by atoms with Crippen LogP contribution in [0.15, 0.2) is 24.3 Å². The van der Waals surface area contributed by atoms with Crippen molar-refractivity contribution in [2.75, 3.05) is 14.2 Å². The number of rotatable bonds is 8. The number of carbonyl (C=O) groups excluding carboxylic acids is 2. The Bertz CT molecular complexity index is 485. The number of nitrogens with one attached hydrogen (secondary N) is 1. The summed E-state index contributed by atoms with van der Waals surface area (Å²) < 4.78 is 5.14. The third-order valence-corrected chi connectivity index (χ3v) is 3.61. The zero-order valence-electron chi connectivity index (χ0n) is 13.9. The third kappa shape index (κ3) is 4.76. The van der Waals surface area contributed by atoms with E-state index in [9.17, 15) is 9.59 Å². The minimum Gasteiger partial charge on any atom is -0.497 e. The Kier molecular flexibility index (Phi) is 7.43. The molecule has 122 valence electrons. The number of methoxy groups -OCH3 is 1. The topological polar surface area (TPSA) is 58.6 Å². The fourth-order valence-electron chi connectivity index (χ4n) is 2.37. The van der Waals surface area contributed by atoms with Crippen molar-refractivity contribution in [3.05, 3.63) is 29.8 Å². The van der Waals surface area contributed by atoms with Gasteiger partial charge in [-0.15, -0.1) is 0 Å². The maximum absolute atomic E-state index is 12.4. The quantitative estimate of drug-likeness (QED) is 0.802.